The number of nitrogens with two attached hydrogens (primary N) is 1. The Morgan fingerprint density at radius 2 is 1.96 bits per heavy atom. The van der Waals surface area contributed by atoms with Gasteiger partial charge in [0.2, 0.25) is 21.2 Å². The van der Waals surface area contributed by atoms with Crippen LogP contribution < -0.4 is 15.8 Å². The minimum absolute atomic E-state index is 0.00812. The van der Waals surface area contributed by atoms with Crippen LogP contribution in [0.3, 0.4) is 0 Å². The lowest BCUT2D eigenvalue weighted by molar-refractivity contribution is -0.119. The number of fused-ring (bicyclic) bond motifs is 1. The SMILES string of the molecule is NS(=O)(=O)c1ccc(CCNC(=O)CNc2nc(Cl)nc3nc[nH]c23)cc1. The van der Waals surface area contributed by atoms with Crippen LogP contribution in [0.4, 0.5) is 5.82 Å². The van der Waals surface area contributed by atoms with Crippen molar-refractivity contribution in [2.75, 3.05) is 18.4 Å². The van der Waals surface area contributed by atoms with Gasteiger partial charge >= 0.3 is 0 Å². The summed E-state index contributed by atoms with van der Waals surface area (Å²) in [5.41, 5.74) is 1.83. The zero-order valence-electron chi connectivity index (χ0n) is 13.9. The van der Waals surface area contributed by atoms with E-state index in [4.69, 9.17) is 16.7 Å². The van der Waals surface area contributed by atoms with Crippen LogP contribution in [-0.2, 0) is 21.2 Å². The molecule has 5 N–H and O–H groups in total. The Balaban J connectivity index is 1.49. The Morgan fingerprint density at radius 1 is 1.22 bits per heavy atom. The summed E-state index contributed by atoms with van der Waals surface area (Å²) in [5.74, 6) is 0.148. The first-order chi connectivity index (χ1) is 12.8. The number of sulfonamides is 1. The van der Waals surface area contributed by atoms with Gasteiger partial charge in [-0.3, -0.25) is 4.79 Å². The molecule has 0 unspecified atom stereocenters. The maximum atomic E-state index is 12.0. The number of aromatic amines is 1. The van der Waals surface area contributed by atoms with E-state index in [1.165, 1.54) is 18.5 Å². The Bertz CT molecular complexity index is 1070. The summed E-state index contributed by atoms with van der Waals surface area (Å²) in [6.45, 7) is 0.380. The van der Waals surface area contributed by atoms with Crippen molar-refractivity contribution in [3.05, 3.63) is 41.4 Å². The summed E-state index contributed by atoms with van der Waals surface area (Å²) >= 11 is 5.82. The van der Waals surface area contributed by atoms with Gasteiger partial charge in [-0.05, 0) is 35.7 Å². The monoisotopic (exact) mass is 409 g/mol. The summed E-state index contributed by atoms with van der Waals surface area (Å²) in [4.78, 5) is 26.9. The fraction of sp³-hybridized carbons (Fsp3) is 0.200. The third kappa shape index (κ3) is 4.90. The van der Waals surface area contributed by atoms with Gasteiger partial charge in [-0.15, -0.1) is 0 Å². The first kappa shape index (κ1) is 19.0. The minimum Gasteiger partial charge on any atom is -0.359 e. The number of primary sulfonamides is 1. The highest BCUT2D eigenvalue weighted by molar-refractivity contribution is 7.89. The van der Waals surface area contributed by atoms with Crippen molar-refractivity contribution >= 4 is 44.5 Å². The number of carbonyl (C=O) groups excluding carboxylic acids is 1. The first-order valence-corrected chi connectivity index (χ1v) is 9.74. The van der Waals surface area contributed by atoms with E-state index in [-0.39, 0.29) is 22.6 Å². The third-order valence-corrected chi connectivity index (χ3v) is 4.76. The van der Waals surface area contributed by atoms with Crippen molar-refractivity contribution in [1.29, 1.82) is 0 Å². The summed E-state index contributed by atoms with van der Waals surface area (Å²) in [6, 6.07) is 6.18. The lowest BCUT2D eigenvalue weighted by Crippen LogP contribution is -2.31. The molecule has 142 valence electrons. The average Bonchev–Trinajstić information content (AvgIpc) is 3.07. The topological polar surface area (TPSA) is 156 Å². The first-order valence-electron chi connectivity index (χ1n) is 7.82. The predicted octanol–water partition coefficient (Wildman–Crippen LogP) is 0.424. The van der Waals surface area contributed by atoms with Gasteiger partial charge in [-0.2, -0.15) is 9.97 Å². The molecule has 12 heteroatoms. The van der Waals surface area contributed by atoms with Crippen molar-refractivity contribution in [2.24, 2.45) is 5.14 Å². The van der Waals surface area contributed by atoms with E-state index in [1.807, 2.05) is 0 Å². The fourth-order valence-corrected chi connectivity index (χ4v) is 3.03. The minimum atomic E-state index is -3.71. The normalized spacial score (nSPS) is 11.5. The molecule has 1 amide bonds. The molecule has 3 aromatic rings. The number of nitrogens with zero attached hydrogens (tertiary/aromatic N) is 3. The molecule has 2 aromatic heterocycles. The number of benzene rings is 1. The summed E-state index contributed by atoms with van der Waals surface area (Å²) in [7, 11) is -3.71. The van der Waals surface area contributed by atoms with Crippen molar-refractivity contribution in [3.8, 4) is 0 Å². The number of hydrogen-bond acceptors (Lipinski definition) is 7. The van der Waals surface area contributed by atoms with E-state index < -0.39 is 10.0 Å². The number of nitrogens with one attached hydrogen (secondary N) is 3. The molecule has 0 saturated heterocycles. The second-order valence-corrected chi connectivity index (χ2v) is 7.48. The van der Waals surface area contributed by atoms with Gasteiger partial charge in [0.15, 0.2) is 11.5 Å². The number of imidazole rings is 1. The van der Waals surface area contributed by atoms with E-state index in [0.29, 0.717) is 29.9 Å². The van der Waals surface area contributed by atoms with E-state index in [9.17, 15) is 13.2 Å². The highest BCUT2D eigenvalue weighted by Gasteiger charge is 2.10. The second kappa shape index (κ2) is 7.86. The Morgan fingerprint density at radius 3 is 2.67 bits per heavy atom. The lowest BCUT2D eigenvalue weighted by atomic mass is 10.1. The molecule has 0 fully saturated rings. The van der Waals surface area contributed by atoms with Gasteiger partial charge in [0.1, 0.15) is 5.52 Å². The number of halogens is 1. The molecule has 0 saturated carbocycles. The number of H-pyrrole nitrogens is 1. The molecule has 0 radical (unpaired) electrons. The van der Waals surface area contributed by atoms with Crippen LogP contribution in [0.25, 0.3) is 11.2 Å². The molecule has 10 nitrogen and oxygen atoms in total. The number of aromatic nitrogens is 4. The highest BCUT2D eigenvalue weighted by Crippen LogP contribution is 2.18. The van der Waals surface area contributed by atoms with Crippen molar-refractivity contribution < 1.29 is 13.2 Å². The molecule has 1 aromatic carbocycles. The Kier molecular flexibility index (Phi) is 5.54. The second-order valence-electron chi connectivity index (χ2n) is 5.58. The van der Waals surface area contributed by atoms with E-state index >= 15 is 0 Å². The zero-order chi connectivity index (χ0) is 19.4. The molecule has 0 bridgehead atoms. The number of amides is 1. The maximum Gasteiger partial charge on any atom is 0.239 e. The standard InChI is InChI=1S/C15H16ClN7O3S/c16-15-22-13(12-14(23-15)21-8-20-12)19-7-11(24)18-6-5-9-1-3-10(4-2-9)27(17,25)26/h1-4,8H,5-7H2,(H,18,24)(H2,17,25,26)(H2,19,20,21,22,23). The van der Waals surface area contributed by atoms with Crippen LogP contribution in [0.2, 0.25) is 5.28 Å². The summed E-state index contributed by atoms with van der Waals surface area (Å²) in [6.07, 6.45) is 2.00. The van der Waals surface area contributed by atoms with Crippen LogP contribution in [0.5, 0.6) is 0 Å². The smallest absolute Gasteiger partial charge is 0.239 e. The zero-order valence-corrected chi connectivity index (χ0v) is 15.5. The molecule has 0 aliphatic carbocycles. The highest BCUT2D eigenvalue weighted by atomic mass is 35.5. The van der Waals surface area contributed by atoms with Gasteiger partial charge in [0, 0.05) is 6.54 Å². The molecule has 0 aliphatic rings. The van der Waals surface area contributed by atoms with Gasteiger partial charge < -0.3 is 15.6 Å². The molecular weight excluding hydrogens is 394 g/mol. The van der Waals surface area contributed by atoms with Crippen molar-refractivity contribution in [3.63, 3.8) is 0 Å². The average molecular weight is 410 g/mol. The van der Waals surface area contributed by atoms with E-state index in [1.54, 1.807) is 12.1 Å². The molecule has 0 atom stereocenters. The molecule has 3 rings (SSSR count). The van der Waals surface area contributed by atoms with Crippen molar-refractivity contribution in [2.45, 2.75) is 11.3 Å². The Labute approximate surface area is 159 Å². The summed E-state index contributed by atoms with van der Waals surface area (Å²) < 4.78 is 22.4. The largest absolute Gasteiger partial charge is 0.359 e. The predicted molar refractivity (Wildman–Crippen MR) is 99.7 cm³/mol. The summed E-state index contributed by atoms with van der Waals surface area (Å²) in [5, 5.41) is 10.7. The molecule has 0 spiro atoms. The number of rotatable bonds is 7. The van der Waals surface area contributed by atoms with Crippen LogP contribution in [0, 0.1) is 0 Å². The van der Waals surface area contributed by atoms with E-state index in [0.717, 1.165) is 5.56 Å². The van der Waals surface area contributed by atoms with Crippen LogP contribution in [0.1, 0.15) is 5.56 Å². The number of anilines is 1. The van der Waals surface area contributed by atoms with Gasteiger partial charge in [-0.25, -0.2) is 18.5 Å². The van der Waals surface area contributed by atoms with Crippen LogP contribution in [-0.4, -0.2) is 47.4 Å². The number of carbonyl (C=O) groups is 1. The fourth-order valence-electron chi connectivity index (χ4n) is 2.35. The molecule has 2 heterocycles. The quantitative estimate of drug-likeness (QED) is 0.412. The van der Waals surface area contributed by atoms with Gasteiger partial charge in [0.05, 0.1) is 17.8 Å². The lowest BCUT2D eigenvalue weighted by Gasteiger charge is -2.08. The van der Waals surface area contributed by atoms with E-state index in [2.05, 4.69) is 30.6 Å². The molecular formula is C15H16ClN7O3S. The van der Waals surface area contributed by atoms with Crippen LogP contribution >= 0.6 is 11.6 Å². The molecule has 0 aliphatic heterocycles. The third-order valence-electron chi connectivity index (χ3n) is 3.66. The van der Waals surface area contributed by atoms with Gasteiger partial charge in [0.25, 0.3) is 0 Å². The number of hydrogen-bond donors (Lipinski definition) is 4. The molecule has 27 heavy (non-hydrogen) atoms. The maximum absolute atomic E-state index is 12.0. The Hall–Kier alpha value is -2.76. The van der Waals surface area contributed by atoms with Crippen molar-refractivity contribution in [1.82, 2.24) is 25.3 Å². The van der Waals surface area contributed by atoms with Gasteiger partial charge in [-0.1, -0.05) is 12.1 Å². The van der Waals surface area contributed by atoms with Crippen LogP contribution in [0.15, 0.2) is 35.5 Å².